The Hall–Kier alpha value is -1.96. The van der Waals surface area contributed by atoms with Crippen LogP contribution in [-0.2, 0) is 11.2 Å². The molecule has 0 saturated carbocycles. The van der Waals surface area contributed by atoms with Crippen molar-refractivity contribution in [1.29, 1.82) is 0 Å². The predicted molar refractivity (Wildman–Crippen MR) is 72.5 cm³/mol. The fourth-order valence-corrected chi connectivity index (χ4v) is 1.48. The Morgan fingerprint density at radius 3 is 2.74 bits per heavy atom. The molecule has 1 heterocycles. The molecule has 0 fully saturated rings. The van der Waals surface area contributed by atoms with E-state index in [0.29, 0.717) is 4.60 Å². The largest absolute Gasteiger partial charge is 0.359 e. The topological polar surface area (TPSA) is 88.4 Å². The number of hydrogen-bond acceptors (Lipinski definition) is 5. The lowest BCUT2D eigenvalue weighted by atomic mass is 10.2. The van der Waals surface area contributed by atoms with Gasteiger partial charge < -0.3 is 10.2 Å². The molecule has 0 aliphatic rings. The molecule has 0 bridgehead atoms. The van der Waals surface area contributed by atoms with Crippen molar-refractivity contribution in [1.82, 2.24) is 15.2 Å². The van der Waals surface area contributed by atoms with E-state index < -0.39 is 4.92 Å². The van der Waals surface area contributed by atoms with Gasteiger partial charge >= 0.3 is 0 Å². The number of carbonyl (C=O) groups excluding carboxylic acids is 1. The maximum Gasteiger partial charge on any atom is 0.274 e. The van der Waals surface area contributed by atoms with Crippen molar-refractivity contribution in [2.24, 2.45) is 0 Å². The van der Waals surface area contributed by atoms with Crippen LogP contribution in [0, 0.1) is 10.1 Å². The highest BCUT2D eigenvalue weighted by Gasteiger charge is 2.11. The molecule has 1 N–H and O–H groups in total. The number of nitro groups is 1. The van der Waals surface area contributed by atoms with Crippen molar-refractivity contribution in [3.8, 4) is 0 Å². The van der Waals surface area contributed by atoms with Gasteiger partial charge in [-0.2, -0.15) is 0 Å². The lowest BCUT2D eigenvalue weighted by Gasteiger charge is -2.15. The highest BCUT2D eigenvalue weighted by molar-refractivity contribution is 9.10. The molecule has 19 heavy (non-hydrogen) atoms. The van der Waals surface area contributed by atoms with E-state index in [1.165, 1.54) is 4.90 Å². The van der Waals surface area contributed by atoms with Gasteiger partial charge in [0.25, 0.3) is 6.20 Å². The average Bonchev–Trinajstić information content (AvgIpc) is 2.30. The summed E-state index contributed by atoms with van der Waals surface area (Å²) < 4.78 is 0.680. The molecule has 1 aromatic rings. The monoisotopic (exact) mass is 328 g/mol. The van der Waals surface area contributed by atoms with Gasteiger partial charge in [-0.1, -0.05) is 6.07 Å². The van der Waals surface area contributed by atoms with Gasteiger partial charge in [-0.3, -0.25) is 14.9 Å². The van der Waals surface area contributed by atoms with Crippen LogP contribution in [0.25, 0.3) is 0 Å². The van der Waals surface area contributed by atoms with Crippen LogP contribution in [0.4, 0.5) is 0 Å². The Kier molecular flexibility index (Phi) is 5.43. The number of pyridine rings is 1. The number of carbonyl (C=O) groups is 1. The second-order valence-electron chi connectivity index (χ2n) is 3.91. The van der Waals surface area contributed by atoms with Crippen molar-refractivity contribution in [2.45, 2.75) is 6.42 Å². The third-order valence-electron chi connectivity index (χ3n) is 2.13. The molecule has 0 aromatic carbocycles. The summed E-state index contributed by atoms with van der Waals surface area (Å²) >= 11 is 3.20. The maximum absolute atomic E-state index is 11.8. The third kappa shape index (κ3) is 5.47. The molecule has 1 rings (SSSR count). The Bertz CT molecular complexity index is 499. The van der Waals surface area contributed by atoms with E-state index in [0.717, 1.165) is 11.8 Å². The van der Waals surface area contributed by atoms with Gasteiger partial charge in [0.15, 0.2) is 5.82 Å². The number of nitrogens with one attached hydrogen (secondary N) is 1. The minimum Gasteiger partial charge on any atom is -0.359 e. The quantitative estimate of drug-likeness (QED) is 0.497. The molecule has 0 radical (unpaired) electrons. The molecule has 1 aromatic heterocycles. The summed E-state index contributed by atoms with van der Waals surface area (Å²) in [4.78, 5) is 27.0. The van der Waals surface area contributed by atoms with E-state index in [2.05, 4.69) is 26.2 Å². The number of aromatic nitrogens is 1. The summed E-state index contributed by atoms with van der Waals surface area (Å²) in [6.45, 7) is 0. The molecule has 1 amide bonds. The molecular formula is C11H13BrN4O3. The third-order valence-corrected chi connectivity index (χ3v) is 2.60. The zero-order chi connectivity index (χ0) is 14.4. The number of amides is 1. The second kappa shape index (κ2) is 6.83. The van der Waals surface area contributed by atoms with Crippen LogP contribution in [0.3, 0.4) is 0 Å². The Balaban J connectivity index is 2.68. The van der Waals surface area contributed by atoms with Crippen LogP contribution in [-0.4, -0.2) is 34.8 Å². The average molecular weight is 329 g/mol. The molecule has 0 unspecified atom stereocenters. The minimum absolute atomic E-state index is 0.100. The van der Waals surface area contributed by atoms with Crippen molar-refractivity contribution >= 4 is 21.8 Å². The van der Waals surface area contributed by atoms with Crippen molar-refractivity contribution in [2.75, 3.05) is 14.1 Å². The van der Waals surface area contributed by atoms with Crippen LogP contribution in [0.5, 0.6) is 0 Å². The highest BCUT2D eigenvalue weighted by atomic mass is 79.9. The number of hydrogen-bond donors (Lipinski definition) is 1. The van der Waals surface area contributed by atoms with E-state index in [9.17, 15) is 14.9 Å². The van der Waals surface area contributed by atoms with Crippen LogP contribution in [0.2, 0.25) is 0 Å². The zero-order valence-corrected chi connectivity index (χ0v) is 12.0. The fraction of sp³-hybridized carbons (Fsp3) is 0.273. The van der Waals surface area contributed by atoms with Crippen LogP contribution >= 0.6 is 15.9 Å². The van der Waals surface area contributed by atoms with Crippen molar-refractivity contribution < 1.29 is 9.72 Å². The first-order valence-electron chi connectivity index (χ1n) is 5.31. The summed E-state index contributed by atoms with van der Waals surface area (Å²) in [5.74, 6) is -0.217. The minimum atomic E-state index is -0.614. The van der Waals surface area contributed by atoms with Gasteiger partial charge in [-0.15, -0.1) is 0 Å². The van der Waals surface area contributed by atoms with Gasteiger partial charge in [0, 0.05) is 20.3 Å². The number of nitrogens with zero attached hydrogens (tertiary/aromatic N) is 3. The van der Waals surface area contributed by atoms with E-state index in [1.807, 2.05) is 0 Å². The Morgan fingerprint density at radius 2 is 2.26 bits per heavy atom. The van der Waals surface area contributed by atoms with Gasteiger partial charge in [-0.25, -0.2) is 4.98 Å². The standard InChI is InChI=1S/C11H13BrN4O3/c1-15(2)10(7-16(18)19)14-11(17)5-8-3-4-9(12)13-6-8/h3-4,6-7H,5H2,1-2H3,(H,14,17)/b10-7-. The molecule has 0 aliphatic heterocycles. The summed E-state index contributed by atoms with van der Waals surface area (Å²) in [5.41, 5.74) is 0.722. The predicted octanol–water partition coefficient (Wildman–Crippen LogP) is 1.14. The van der Waals surface area contributed by atoms with E-state index >= 15 is 0 Å². The van der Waals surface area contributed by atoms with Crippen LogP contribution in [0.1, 0.15) is 5.56 Å². The van der Waals surface area contributed by atoms with Gasteiger partial charge in [0.2, 0.25) is 5.91 Å². The van der Waals surface area contributed by atoms with E-state index in [4.69, 9.17) is 0 Å². The molecule has 7 nitrogen and oxygen atoms in total. The second-order valence-corrected chi connectivity index (χ2v) is 4.72. The van der Waals surface area contributed by atoms with E-state index in [-0.39, 0.29) is 18.1 Å². The maximum atomic E-state index is 11.8. The molecule has 102 valence electrons. The zero-order valence-electron chi connectivity index (χ0n) is 10.5. The van der Waals surface area contributed by atoms with E-state index in [1.54, 1.807) is 32.4 Å². The lowest BCUT2D eigenvalue weighted by Crippen LogP contribution is -2.32. The highest BCUT2D eigenvalue weighted by Crippen LogP contribution is 2.07. The molecule has 8 heteroatoms. The molecule has 0 saturated heterocycles. The fourth-order valence-electron chi connectivity index (χ4n) is 1.24. The Morgan fingerprint density at radius 1 is 1.58 bits per heavy atom. The van der Waals surface area contributed by atoms with Crippen LogP contribution in [0.15, 0.2) is 35.0 Å². The normalized spacial score (nSPS) is 11.0. The summed E-state index contributed by atoms with van der Waals surface area (Å²) in [7, 11) is 3.22. The summed E-state index contributed by atoms with van der Waals surface area (Å²) in [6, 6.07) is 3.48. The van der Waals surface area contributed by atoms with Crippen molar-refractivity contribution in [3.63, 3.8) is 0 Å². The summed E-state index contributed by atoms with van der Waals surface area (Å²) in [5, 5.41) is 12.9. The first-order chi connectivity index (χ1) is 8.88. The van der Waals surface area contributed by atoms with Gasteiger partial charge in [0.05, 0.1) is 11.3 Å². The Labute approximate surface area is 118 Å². The van der Waals surface area contributed by atoms with Crippen LogP contribution < -0.4 is 5.32 Å². The molecule has 0 aliphatic carbocycles. The van der Waals surface area contributed by atoms with Gasteiger partial charge in [-0.05, 0) is 27.6 Å². The number of halogens is 1. The summed E-state index contributed by atoms with van der Waals surface area (Å²) in [6.07, 6.45) is 2.41. The first kappa shape index (κ1) is 15.1. The molecule has 0 spiro atoms. The van der Waals surface area contributed by atoms with Crippen molar-refractivity contribution in [3.05, 3.63) is 50.6 Å². The molecular weight excluding hydrogens is 316 g/mol. The number of rotatable bonds is 5. The lowest BCUT2D eigenvalue weighted by molar-refractivity contribution is -0.404. The smallest absolute Gasteiger partial charge is 0.274 e. The SMILES string of the molecule is CN(C)/C(=C\[N+](=O)[O-])NC(=O)Cc1ccc(Br)nc1. The molecule has 0 atom stereocenters. The van der Waals surface area contributed by atoms with Gasteiger partial charge in [0.1, 0.15) is 4.60 Å². The first-order valence-corrected chi connectivity index (χ1v) is 6.10.